The minimum Gasteiger partial charge on any atom is -0.495 e. The molecule has 1 fully saturated rings. The normalized spacial score (nSPS) is 16.2. The maximum Gasteiger partial charge on any atom is 0.173 e. The zero-order chi connectivity index (χ0) is 19.2. The van der Waals surface area contributed by atoms with Crippen LogP contribution in [0.15, 0.2) is 42.5 Å². The predicted molar refractivity (Wildman–Crippen MR) is 110 cm³/mol. The quantitative estimate of drug-likeness (QED) is 0.690. The molecule has 7 heteroatoms. The molecular weight excluding hydrogens is 387 g/mol. The lowest BCUT2D eigenvalue weighted by Gasteiger charge is -2.29. The molecule has 1 unspecified atom stereocenters. The highest BCUT2D eigenvalue weighted by molar-refractivity contribution is 7.80. The van der Waals surface area contributed by atoms with Crippen LogP contribution in [-0.2, 0) is 11.3 Å². The van der Waals surface area contributed by atoms with Crippen LogP contribution in [-0.4, -0.2) is 36.4 Å². The molecule has 0 bridgehead atoms. The fourth-order valence-electron chi connectivity index (χ4n) is 3.06. The molecule has 0 amide bonds. The van der Waals surface area contributed by atoms with Gasteiger partial charge in [0.2, 0.25) is 0 Å². The van der Waals surface area contributed by atoms with Crippen molar-refractivity contribution < 1.29 is 13.9 Å². The van der Waals surface area contributed by atoms with E-state index in [9.17, 15) is 4.39 Å². The van der Waals surface area contributed by atoms with Gasteiger partial charge >= 0.3 is 0 Å². The summed E-state index contributed by atoms with van der Waals surface area (Å²) in [5.41, 5.74) is 1.25. The number of nitrogens with one attached hydrogen (secondary N) is 1. The Morgan fingerprint density at radius 2 is 2.19 bits per heavy atom. The SMILES string of the molecule is COc1ccc(Cl)cc1NC(=S)N(Cc1ccccc1F)CC1CCCO1. The van der Waals surface area contributed by atoms with Crippen molar-refractivity contribution in [3.05, 3.63) is 58.9 Å². The molecule has 0 saturated carbocycles. The van der Waals surface area contributed by atoms with E-state index in [1.807, 2.05) is 11.0 Å². The van der Waals surface area contributed by atoms with E-state index in [0.717, 1.165) is 19.4 Å². The molecule has 0 spiro atoms. The molecule has 1 saturated heterocycles. The third-order valence-electron chi connectivity index (χ3n) is 4.46. The zero-order valence-corrected chi connectivity index (χ0v) is 16.7. The lowest BCUT2D eigenvalue weighted by molar-refractivity contribution is 0.0903. The number of halogens is 2. The van der Waals surface area contributed by atoms with E-state index in [4.69, 9.17) is 33.3 Å². The van der Waals surface area contributed by atoms with Gasteiger partial charge in [0.1, 0.15) is 11.6 Å². The van der Waals surface area contributed by atoms with Gasteiger partial charge in [-0.1, -0.05) is 29.8 Å². The average Bonchev–Trinajstić information content (AvgIpc) is 3.16. The van der Waals surface area contributed by atoms with E-state index < -0.39 is 0 Å². The topological polar surface area (TPSA) is 33.7 Å². The molecule has 1 N–H and O–H groups in total. The Hall–Kier alpha value is -1.89. The lowest BCUT2D eigenvalue weighted by Crippen LogP contribution is -2.39. The predicted octanol–water partition coefficient (Wildman–Crippen LogP) is 4.87. The second-order valence-electron chi connectivity index (χ2n) is 6.38. The van der Waals surface area contributed by atoms with Crippen LogP contribution in [0.4, 0.5) is 10.1 Å². The summed E-state index contributed by atoms with van der Waals surface area (Å²) >= 11 is 11.7. The van der Waals surface area contributed by atoms with Crippen LogP contribution in [0.25, 0.3) is 0 Å². The minimum atomic E-state index is -0.252. The number of ether oxygens (including phenoxy) is 2. The standard InChI is InChI=1S/C20H22ClFN2O2S/c1-25-19-9-8-15(21)11-18(19)23-20(27)24(13-16-6-4-10-26-16)12-14-5-2-3-7-17(14)22/h2-3,5,7-9,11,16H,4,6,10,12-13H2,1H3,(H,23,27). The minimum absolute atomic E-state index is 0.0813. The summed E-state index contributed by atoms with van der Waals surface area (Å²) in [5.74, 6) is 0.377. The van der Waals surface area contributed by atoms with Gasteiger partial charge in [0.15, 0.2) is 5.11 Å². The molecule has 0 radical (unpaired) electrons. The van der Waals surface area contributed by atoms with Gasteiger partial charge in [-0.3, -0.25) is 0 Å². The number of anilines is 1. The number of hydrogen-bond donors (Lipinski definition) is 1. The van der Waals surface area contributed by atoms with E-state index in [-0.39, 0.29) is 11.9 Å². The van der Waals surface area contributed by atoms with Crippen molar-refractivity contribution in [2.45, 2.75) is 25.5 Å². The van der Waals surface area contributed by atoms with Gasteiger partial charge < -0.3 is 19.7 Å². The van der Waals surface area contributed by atoms with Gasteiger partial charge in [0.05, 0.1) is 18.9 Å². The van der Waals surface area contributed by atoms with Gasteiger partial charge in [-0.15, -0.1) is 0 Å². The summed E-state index contributed by atoms with van der Waals surface area (Å²) in [6.45, 7) is 1.69. The largest absolute Gasteiger partial charge is 0.495 e. The van der Waals surface area contributed by atoms with Crippen LogP contribution in [0.3, 0.4) is 0 Å². The molecule has 144 valence electrons. The summed E-state index contributed by atoms with van der Waals surface area (Å²) in [5, 5.41) is 4.22. The fraction of sp³-hybridized carbons (Fsp3) is 0.350. The first-order valence-electron chi connectivity index (χ1n) is 8.81. The Morgan fingerprint density at radius 3 is 2.89 bits per heavy atom. The highest BCUT2D eigenvalue weighted by Crippen LogP contribution is 2.28. The highest BCUT2D eigenvalue weighted by atomic mass is 35.5. The molecule has 1 atom stereocenters. The second-order valence-corrected chi connectivity index (χ2v) is 7.20. The Bertz CT molecular complexity index is 799. The summed E-state index contributed by atoms with van der Waals surface area (Å²) < 4.78 is 25.3. The van der Waals surface area contributed by atoms with Crippen molar-refractivity contribution in [2.75, 3.05) is 25.6 Å². The first-order chi connectivity index (χ1) is 13.1. The van der Waals surface area contributed by atoms with Crippen LogP contribution in [0.2, 0.25) is 5.02 Å². The molecular formula is C20H22ClFN2O2S. The third-order valence-corrected chi connectivity index (χ3v) is 5.05. The van der Waals surface area contributed by atoms with Crippen molar-refractivity contribution in [3.8, 4) is 5.75 Å². The van der Waals surface area contributed by atoms with E-state index in [2.05, 4.69) is 5.32 Å². The summed E-state index contributed by atoms with van der Waals surface area (Å²) in [6.07, 6.45) is 2.08. The Morgan fingerprint density at radius 1 is 1.37 bits per heavy atom. The molecule has 1 aliphatic heterocycles. The van der Waals surface area contributed by atoms with Crippen molar-refractivity contribution in [1.29, 1.82) is 0 Å². The first kappa shape index (κ1) is 19.9. The Labute approximate surface area is 169 Å². The van der Waals surface area contributed by atoms with E-state index in [0.29, 0.717) is 40.2 Å². The number of rotatable bonds is 6. The lowest BCUT2D eigenvalue weighted by atomic mass is 10.2. The molecule has 3 rings (SSSR count). The summed E-state index contributed by atoms with van der Waals surface area (Å²) in [7, 11) is 1.58. The molecule has 2 aromatic carbocycles. The molecule has 1 aliphatic rings. The van der Waals surface area contributed by atoms with Gasteiger partial charge in [-0.05, 0) is 49.3 Å². The Balaban J connectivity index is 1.79. The van der Waals surface area contributed by atoms with Crippen LogP contribution in [0.5, 0.6) is 5.75 Å². The summed E-state index contributed by atoms with van der Waals surface area (Å²) in [6, 6.07) is 12.0. The number of nitrogens with zero attached hydrogens (tertiary/aromatic N) is 1. The smallest absolute Gasteiger partial charge is 0.173 e. The highest BCUT2D eigenvalue weighted by Gasteiger charge is 2.22. The van der Waals surface area contributed by atoms with Crippen LogP contribution in [0.1, 0.15) is 18.4 Å². The van der Waals surface area contributed by atoms with Crippen LogP contribution >= 0.6 is 23.8 Å². The van der Waals surface area contributed by atoms with E-state index in [1.54, 1.807) is 37.4 Å². The van der Waals surface area contributed by atoms with Crippen LogP contribution < -0.4 is 10.1 Å². The number of methoxy groups -OCH3 is 1. The van der Waals surface area contributed by atoms with Gasteiger partial charge in [0, 0.05) is 30.3 Å². The molecule has 0 aliphatic carbocycles. The van der Waals surface area contributed by atoms with Crippen molar-refractivity contribution in [1.82, 2.24) is 4.90 Å². The molecule has 1 heterocycles. The van der Waals surface area contributed by atoms with Gasteiger partial charge in [0.25, 0.3) is 0 Å². The third kappa shape index (κ3) is 5.31. The maximum atomic E-state index is 14.2. The average molecular weight is 409 g/mol. The molecule has 27 heavy (non-hydrogen) atoms. The number of benzene rings is 2. The fourth-order valence-corrected chi connectivity index (χ4v) is 3.48. The van der Waals surface area contributed by atoms with E-state index >= 15 is 0 Å². The van der Waals surface area contributed by atoms with E-state index in [1.165, 1.54) is 6.07 Å². The second kappa shape index (κ2) is 9.35. The van der Waals surface area contributed by atoms with Gasteiger partial charge in [-0.2, -0.15) is 0 Å². The zero-order valence-electron chi connectivity index (χ0n) is 15.1. The summed E-state index contributed by atoms with van der Waals surface area (Å²) in [4.78, 5) is 1.92. The van der Waals surface area contributed by atoms with Gasteiger partial charge in [-0.25, -0.2) is 4.39 Å². The number of hydrogen-bond acceptors (Lipinski definition) is 3. The van der Waals surface area contributed by atoms with Crippen molar-refractivity contribution in [2.24, 2.45) is 0 Å². The maximum absolute atomic E-state index is 14.2. The molecule has 0 aromatic heterocycles. The molecule has 4 nitrogen and oxygen atoms in total. The Kier molecular flexibility index (Phi) is 6.88. The monoisotopic (exact) mass is 408 g/mol. The molecule has 2 aromatic rings. The van der Waals surface area contributed by atoms with Crippen LogP contribution in [0, 0.1) is 5.82 Å². The first-order valence-corrected chi connectivity index (χ1v) is 9.60. The van der Waals surface area contributed by atoms with Crippen molar-refractivity contribution in [3.63, 3.8) is 0 Å². The number of thiocarbonyl (C=S) groups is 1. The van der Waals surface area contributed by atoms with Crippen molar-refractivity contribution >= 4 is 34.6 Å².